The van der Waals surface area contributed by atoms with Gasteiger partial charge in [0.1, 0.15) is 0 Å². The molecule has 1 aliphatic rings. The standard InChI is InChI=1S/C15H22N2O/c1-15(2,3)8-6-14(18)17-12-4-5-13-11(10-12)7-9-16-13/h4-5,10,16H,6-9H2,1-3H3,(H,17,18). The van der Waals surface area contributed by atoms with Gasteiger partial charge in [-0.15, -0.1) is 0 Å². The van der Waals surface area contributed by atoms with Crippen LogP contribution in [-0.4, -0.2) is 12.5 Å². The Labute approximate surface area is 109 Å². The number of amides is 1. The lowest BCUT2D eigenvalue weighted by Crippen LogP contribution is -2.15. The molecule has 0 spiro atoms. The smallest absolute Gasteiger partial charge is 0.224 e. The lowest BCUT2D eigenvalue weighted by Gasteiger charge is -2.17. The molecule has 2 N–H and O–H groups in total. The topological polar surface area (TPSA) is 41.1 Å². The van der Waals surface area contributed by atoms with Gasteiger partial charge in [-0.05, 0) is 42.0 Å². The second-order valence-corrected chi connectivity index (χ2v) is 6.16. The van der Waals surface area contributed by atoms with Crippen molar-refractivity contribution in [2.24, 2.45) is 5.41 Å². The van der Waals surface area contributed by atoms with Crippen LogP contribution in [0.3, 0.4) is 0 Å². The molecule has 1 aromatic carbocycles. The molecule has 1 aliphatic heterocycles. The molecule has 0 saturated heterocycles. The normalized spacial score (nSPS) is 13.9. The van der Waals surface area contributed by atoms with Crippen LogP contribution in [0.4, 0.5) is 11.4 Å². The predicted octanol–water partition coefficient (Wildman–Crippen LogP) is 3.42. The van der Waals surface area contributed by atoms with Crippen molar-refractivity contribution >= 4 is 17.3 Å². The third kappa shape index (κ3) is 3.49. The van der Waals surface area contributed by atoms with Crippen LogP contribution in [0.15, 0.2) is 18.2 Å². The van der Waals surface area contributed by atoms with Crippen LogP contribution in [0.2, 0.25) is 0 Å². The van der Waals surface area contributed by atoms with Crippen molar-refractivity contribution in [1.82, 2.24) is 0 Å². The van der Waals surface area contributed by atoms with Gasteiger partial charge in [-0.2, -0.15) is 0 Å². The van der Waals surface area contributed by atoms with Crippen molar-refractivity contribution in [2.45, 2.75) is 40.0 Å². The fourth-order valence-electron chi connectivity index (χ4n) is 2.09. The van der Waals surface area contributed by atoms with Crippen LogP contribution < -0.4 is 10.6 Å². The summed E-state index contributed by atoms with van der Waals surface area (Å²) in [6, 6.07) is 6.08. The lowest BCUT2D eigenvalue weighted by atomic mass is 9.90. The minimum absolute atomic E-state index is 0.107. The molecule has 98 valence electrons. The third-order valence-electron chi connectivity index (χ3n) is 3.20. The molecule has 3 heteroatoms. The molecule has 0 aliphatic carbocycles. The third-order valence-corrected chi connectivity index (χ3v) is 3.20. The Morgan fingerprint density at radius 3 is 2.89 bits per heavy atom. The SMILES string of the molecule is CC(C)(C)CCC(=O)Nc1ccc2c(c1)CCN2. The number of rotatable bonds is 3. The van der Waals surface area contributed by atoms with Gasteiger partial charge in [0.25, 0.3) is 0 Å². The van der Waals surface area contributed by atoms with E-state index in [4.69, 9.17) is 0 Å². The van der Waals surface area contributed by atoms with Crippen LogP contribution in [0.25, 0.3) is 0 Å². The zero-order chi connectivity index (χ0) is 13.2. The molecule has 0 unspecified atom stereocenters. The molecule has 0 fully saturated rings. The van der Waals surface area contributed by atoms with E-state index >= 15 is 0 Å². The summed E-state index contributed by atoms with van der Waals surface area (Å²) in [4.78, 5) is 11.8. The van der Waals surface area contributed by atoms with Gasteiger partial charge in [-0.25, -0.2) is 0 Å². The van der Waals surface area contributed by atoms with Gasteiger partial charge in [0.15, 0.2) is 0 Å². The molecule has 0 atom stereocenters. The summed E-state index contributed by atoms with van der Waals surface area (Å²) in [6.07, 6.45) is 2.53. The Hall–Kier alpha value is -1.51. The summed E-state index contributed by atoms with van der Waals surface area (Å²) in [7, 11) is 0. The van der Waals surface area contributed by atoms with E-state index in [0.29, 0.717) is 6.42 Å². The molecule has 0 bridgehead atoms. The number of nitrogens with one attached hydrogen (secondary N) is 2. The van der Waals surface area contributed by atoms with Crippen LogP contribution in [0, 0.1) is 5.41 Å². The van der Waals surface area contributed by atoms with Crippen LogP contribution >= 0.6 is 0 Å². The zero-order valence-electron chi connectivity index (χ0n) is 11.5. The summed E-state index contributed by atoms with van der Waals surface area (Å²) >= 11 is 0. The van der Waals surface area contributed by atoms with Crippen LogP contribution in [-0.2, 0) is 11.2 Å². The fraction of sp³-hybridized carbons (Fsp3) is 0.533. The molecular formula is C15H22N2O. The number of carbonyl (C=O) groups excluding carboxylic acids is 1. The van der Waals surface area contributed by atoms with Gasteiger partial charge < -0.3 is 10.6 Å². The van der Waals surface area contributed by atoms with Gasteiger partial charge in [-0.3, -0.25) is 4.79 Å². The highest BCUT2D eigenvalue weighted by Crippen LogP contribution is 2.26. The van der Waals surface area contributed by atoms with Gasteiger partial charge in [0, 0.05) is 24.3 Å². The number of carbonyl (C=O) groups is 1. The first-order valence-electron chi connectivity index (χ1n) is 6.61. The van der Waals surface area contributed by atoms with Gasteiger partial charge >= 0.3 is 0 Å². The van der Waals surface area contributed by atoms with Crippen LogP contribution in [0.1, 0.15) is 39.2 Å². The summed E-state index contributed by atoms with van der Waals surface area (Å²) in [5.41, 5.74) is 3.61. The highest BCUT2D eigenvalue weighted by molar-refractivity contribution is 5.91. The second kappa shape index (κ2) is 5.01. The summed E-state index contributed by atoms with van der Waals surface area (Å²) < 4.78 is 0. The maximum Gasteiger partial charge on any atom is 0.224 e. The minimum Gasteiger partial charge on any atom is -0.384 e. The maximum atomic E-state index is 11.8. The number of hydrogen-bond donors (Lipinski definition) is 2. The van der Waals surface area contributed by atoms with E-state index in [-0.39, 0.29) is 11.3 Å². The molecule has 18 heavy (non-hydrogen) atoms. The molecule has 0 aromatic heterocycles. The summed E-state index contributed by atoms with van der Waals surface area (Å²) in [6.45, 7) is 7.46. The Kier molecular flexibility index (Phi) is 3.60. The van der Waals surface area contributed by atoms with E-state index in [0.717, 1.165) is 25.1 Å². The quantitative estimate of drug-likeness (QED) is 0.858. The van der Waals surface area contributed by atoms with Crippen molar-refractivity contribution in [3.05, 3.63) is 23.8 Å². The fourth-order valence-corrected chi connectivity index (χ4v) is 2.09. The maximum absolute atomic E-state index is 11.8. The molecule has 0 radical (unpaired) electrons. The van der Waals surface area contributed by atoms with E-state index in [1.807, 2.05) is 12.1 Å². The van der Waals surface area contributed by atoms with Crippen molar-refractivity contribution in [3.8, 4) is 0 Å². The molecule has 3 nitrogen and oxygen atoms in total. The number of hydrogen-bond acceptors (Lipinski definition) is 2. The van der Waals surface area contributed by atoms with Crippen molar-refractivity contribution in [2.75, 3.05) is 17.2 Å². The first-order valence-corrected chi connectivity index (χ1v) is 6.61. The second-order valence-electron chi connectivity index (χ2n) is 6.16. The molecule has 1 aromatic rings. The van der Waals surface area contributed by atoms with E-state index in [1.165, 1.54) is 11.3 Å². The van der Waals surface area contributed by atoms with E-state index in [2.05, 4.69) is 37.5 Å². The number of fused-ring (bicyclic) bond motifs is 1. The highest BCUT2D eigenvalue weighted by atomic mass is 16.1. The largest absolute Gasteiger partial charge is 0.384 e. The van der Waals surface area contributed by atoms with Gasteiger partial charge in [0.05, 0.1) is 0 Å². The Morgan fingerprint density at radius 1 is 1.39 bits per heavy atom. The average molecular weight is 246 g/mol. The Balaban J connectivity index is 1.91. The molecule has 0 saturated carbocycles. The molecule has 1 amide bonds. The number of anilines is 2. The average Bonchev–Trinajstić information content (AvgIpc) is 2.72. The van der Waals surface area contributed by atoms with Crippen molar-refractivity contribution in [1.29, 1.82) is 0 Å². The Morgan fingerprint density at radius 2 is 2.17 bits per heavy atom. The van der Waals surface area contributed by atoms with Crippen molar-refractivity contribution < 1.29 is 4.79 Å². The predicted molar refractivity (Wildman–Crippen MR) is 76.0 cm³/mol. The number of benzene rings is 1. The minimum atomic E-state index is 0.107. The first kappa shape index (κ1) is 12.9. The highest BCUT2D eigenvalue weighted by Gasteiger charge is 2.14. The van der Waals surface area contributed by atoms with Crippen LogP contribution in [0.5, 0.6) is 0 Å². The van der Waals surface area contributed by atoms with Crippen molar-refractivity contribution in [3.63, 3.8) is 0 Å². The Bertz CT molecular complexity index is 446. The van der Waals surface area contributed by atoms with Gasteiger partial charge in [-0.1, -0.05) is 20.8 Å². The molecule has 1 heterocycles. The lowest BCUT2D eigenvalue weighted by molar-refractivity contribution is -0.116. The summed E-state index contributed by atoms with van der Waals surface area (Å²) in [5.74, 6) is 0.107. The molecular weight excluding hydrogens is 224 g/mol. The molecule has 2 rings (SSSR count). The first-order chi connectivity index (χ1) is 8.44. The van der Waals surface area contributed by atoms with E-state index in [1.54, 1.807) is 0 Å². The zero-order valence-corrected chi connectivity index (χ0v) is 11.5. The van der Waals surface area contributed by atoms with Gasteiger partial charge in [0.2, 0.25) is 5.91 Å². The van der Waals surface area contributed by atoms with E-state index < -0.39 is 0 Å². The monoisotopic (exact) mass is 246 g/mol. The van der Waals surface area contributed by atoms with E-state index in [9.17, 15) is 4.79 Å². The summed E-state index contributed by atoms with van der Waals surface area (Å²) in [5, 5.41) is 6.29.